The SMILES string of the molecule is Cc1c(CC=O)c(=O)n(C2CCCC2)c2nc(/N=c3/ccc(N4CCNCC4)cn3O)ncc12. The van der Waals surface area contributed by atoms with Gasteiger partial charge in [0, 0.05) is 55.8 Å². The maximum atomic E-state index is 13.4. The zero-order valence-electron chi connectivity index (χ0n) is 19.3. The Bertz CT molecular complexity index is 1350. The van der Waals surface area contributed by atoms with Crippen molar-refractivity contribution < 1.29 is 10.0 Å². The standard InChI is InChI=1S/C24H29N7O3/c1-16-19(8-13-32)23(33)31(17-4-2-3-5-17)22-20(16)14-26-24(28-22)27-21-7-6-18(15-30(21)34)29-11-9-25-10-12-29/h6-7,13-15,17,25,34H,2-5,8-12H2,1H3/b27-21-. The molecule has 34 heavy (non-hydrogen) atoms. The van der Waals surface area contributed by atoms with Gasteiger partial charge in [0.15, 0.2) is 5.49 Å². The van der Waals surface area contributed by atoms with Crippen molar-refractivity contribution in [1.29, 1.82) is 0 Å². The Morgan fingerprint density at radius 1 is 1.24 bits per heavy atom. The highest BCUT2D eigenvalue weighted by Crippen LogP contribution is 2.31. The Labute approximate surface area is 196 Å². The molecular formula is C24H29N7O3. The van der Waals surface area contributed by atoms with Crippen LogP contribution in [0.5, 0.6) is 0 Å². The van der Waals surface area contributed by atoms with Crippen LogP contribution in [0.3, 0.4) is 0 Å². The van der Waals surface area contributed by atoms with Crippen molar-refractivity contribution in [2.24, 2.45) is 4.99 Å². The van der Waals surface area contributed by atoms with E-state index >= 15 is 0 Å². The van der Waals surface area contributed by atoms with E-state index in [4.69, 9.17) is 0 Å². The van der Waals surface area contributed by atoms with Crippen LogP contribution in [0.4, 0.5) is 11.6 Å². The molecule has 1 aliphatic heterocycles. The molecule has 2 aliphatic rings. The zero-order valence-corrected chi connectivity index (χ0v) is 19.3. The Morgan fingerprint density at radius 2 is 2.00 bits per heavy atom. The molecule has 0 spiro atoms. The first kappa shape index (κ1) is 22.3. The highest BCUT2D eigenvalue weighted by Gasteiger charge is 2.24. The first-order chi connectivity index (χ1) is 16.6. The fraction of sp³-hybridized carbons (Fsp3) is 0.458. The molecule has 1 saturated heterocycles. The summed E-state index contributed by atoms with van der Waals surface area (Å²) >= 11 is 0. The molecule has 3 aromatic heterocycles. The van der Waals surface area contributed by atoms with Gasteiger partial charge in [0.1, 0.15) is 11.9 Å². The number of hydrogen-bond donors (Lipinski definition) is 2. The van der Waals surface area contributed by atoms with Crippen LogP contribution in [0, 0.1) is 6.92 Å². The topological polar surface area (TPSA) is 118 Å². The molecule has 0 amide bonds. The summed E-state index contributed by atoms with van der Waals surface area (Å²) in [5, 5.41) is 14.6. The third kappa shape index (κ3) is 4.09. The number of aryl methyl sites for hydroxylation is 1. The maximum Gasteiger partial charge on any atom is 0.256 e. The van der Waals surface area contributed by atoms with Crippen LogP contribution in [-0.2, 0) is 11.2 Å². The summed E-state index contributed by atoms with van der Waals surface area (Å²) in [4.78, 5) is 40.3. The molecule has 3 aromatic rings. The Hall–Kier alpha value is -3.53. The maximum absolute atomic E-state index is 13.4. The van der Waals surface area contributed by atoms with Crippen LogP contribution < -0.4 is 21.3 Å². The van der Waals surface area contributed by atoms with E-state index in [1.165, 1.54) is 0 Å². The Morgan fingerprint density at radius 3 is 2.71 bits per heavy atom. The largest absolute Gasteiger partial charge is 0.427 e. The first-order valence-corrected chi connectivity index (χ1v) is 11.8. The van der Waals surface area contributed by atoms with Crippen LogP contribution in [0.25, 0.3) is 11.0 Å². The van der Waals surface area contributed by atoms with E-state index in [0.29, 0.717) is 16.7 Å². The third-order valence-electron chi connectivity index (χ3n) is 6.88. The molecule has 0 unspecified atom stereocenters. The minimum Gasteiger partial charge on any atom is -0.427 e. The number of pyridine rings is 2. The minimum absolute atomic E-state index is 0.0462. The summed E-state index contributed by atoms with van der Waals surface area (Å²) < 4.78 is 2.71. The van der Waals surface area contributed by atoms with E-state index in [1.807, 2.05) is 13.0 Å². The molecule has 1 aliphatic carbocycles. The highest BCUT2D eigenvalue weighted by molar-refractivity contribution is 5.81. The van der Waals surface area contributed by atoms with Crippen LogP contribution in [0.1, 0.15) is 42.9 Å². The molecule has 0 bridgehead atoms. The van der Waals surface area contributed by atoms with Gasteiger partial charge in [-0.1, -0.05) is 12.8 Å². The molecular weight excluding hydrogens is 434 g/mol. The van der Waals surface area contributed by atoms with Gasteiger partial charge < -0.3 is 20.2 Å². The van der Waals surface area contributed by atoms with Gasteiger partial charge in [-0.3, -0.25) is 9.36 Å². The predicted octanol–water partition coefficient (Wildman–Crippen LogP) is 1.64. The van der Waals surface area contributed by atoms with Crippen LogP contribution in [0.15, 0.2) is 34.3 Å². The van der Waals surface area contributed by atoms with E-state index in [-0.39, 0.29) is 24.0 Å². The van der Waals surface area contributed by atoms with E-state index in [9.17, 15) is 14.8 Å². The van der Waals surface area contributed by atoms with Gasteiger partial charge in [-0.2, -0.15) is 14.7 Å². The Kier molecular flexibility index (Phi) is 6.14. The summed E-state index contributed by atoms with van der Waals surface area (Å²) in [5.74, 6) is 0.166. The van der Waals surface area contributed by atoms with E-state index in [1.54, 1.807) is 23.0 Å². The lowest BCUT2D eigenvalue weighted by Crippen LogP contribution is -2.43. The number of nitrogens with one attached hydrogen (secondary N) is 1. The number of piperazine rings is 1. The lowest BCUT2D eigenvalue weighted by Gasteiger charge is -2.29. The molecule has 10 heteroatoms. The van der Waals surface area contributed by atoms with Crippen molar-refractivity contribution in [2.75, 3.05) is 31.1 Å². The van der Waals surface area contributed by atoms with Crippen molar-refractivity contribution >= 4 is 29.0 Å². The molecule has 5 rings (SSSR count). The molecule has 0 radical (unpaired) electrons. The van der Waals surface area contributed by atoms with E-state index < -0.39 is 0 Å². The summed E-state index contributed by atoms with van der Waals surface area (Å²) in [6.45, 7) is 5.37. The number of carbonyl (C=O) groups excluding carboxylic acids is 1. The van der Waals surface area contributed by atoms with Gasteiger partial charge >= 0.3 is 0 Å². The number of hydrogen-bond acceptors (Lipinski definition) is 8. The average Bonchev–Trinajstić information content (AvgIpc) is 3.38. The molecule has 0 aromatic carbocycles. The average molecular weight is 464 g/mol. The minimum atomic E-state index is -0.161. The summed E-state index contributed by atoms with van der Waals surface area (Å²) in [7, 11) is 0. The van der Waals surface area contributed by atoms with Crippen molar-refractivity contribution in [3.05, 3.63) is 51.5 Å². The predicted molar refractivity (Wildman–Crippen MR) is 128 cm³/mol. The summed E-state index contributed by atoms with van der Waals surface area (Å²) in [5.41, 5.74) is 2.80. The molecule has 2 N–H and O–H groups in total. The van der Waals surface area contributed by atoms with Crippen LogP contribution in [0.2, 0.25) is 0 Å². The van der Waals surface area contributed by atoms with Gasteiger partial charge in [-0.15, -0.1) is 0 Å². The monoisotopic (exact) mass is 463 g/mol. The quantitative estimate of drug-likeness (QED) is 0.436. The van der Waals surface area contributed by atoms with E-state index in [2.05, 4.69) is 25.2 Å². The van der Waals surface area contributed by atoms with E-state index in [0.717, 1.165) is 79.5 Å². The van der Waals surface area contributed by atoms with Gasteiger partial charge in [0.25, 0.3) is 11.5 Å². The van der Waals surface area contributed by atoms with Crippen molar-refractivity contribution in [1.82, 2.24) is 24.6 Å². The van der Waals surface area contributed by atoms with Crippen molar-refractivity contribution in [3.63, 3.8) is 0 Å². The fourth-order valence-electron chi connectivity index (χ4n) is 5.03. The van der Waals surface area contributed by atoms with Crippen molar-refractivity contribution in [2.45, 2.75) is 45.1 Å². The highest BCUT2D eigenvalue weighted by atomic mass is 16.5. The van der Waals surface area contributed by atoms with Gasteiger partial charge in [0.05, 0.1) is 11.9 Å². The summed E-state index contributed by atoms with van der Waals surface area (Å²) in [6.07, 6.45) is 8.05. The van der Waals surface area contributed by atoms with Crippen LogP contribution >= 0.6 is 0 Å². The lowest BCUT2D eigenvalue weighted by atomic mass is 10.0. The first-order valence-electron chi connectivity index (χ1n) is 11.8. The zero-order chi connectivity index (χ0) is 23.7. The smallest absolute Gasteiger partial charge is 0.256 e. The lowest BCUT2D eigenvalue weighted by molar-refractivity contribution is -0.107. The molecule has 0 atom stereocenters. The van der Waals surface area contributed by atoms with Gasteiger partial charge in [-0.05, 0) is 37.5 Å². The second-order valence-corrected chi connectivity index (χ2v) is 8.93. The number of aldehydes is 1. The van der Waals surface area contributed by atoms with Gasteiger partial charge in [0.2, 0.25) is 0 Å². The summed E-state index contributed by atoms with van der Waals surface area (Å²) in [6, 6.07) is 3.69. The normalized spacial score (nSPS) is 17.6. The molecule has 10 nitrogen and oxygen atoms in total. The van der Waals surface area contributed by atoms with Crippen molar-refractivity contribution in [3.8, 4) is 0 Å². The molecule has 2 fully saturated rings. The number of carbonyl (C=O) groups is 1. The fourth-order valence-corrected chi connectivity index (χ4v) is 5.03. The Balaban J connectivity index is 1.60. The number of fused-ring (bicyclic) bond motifs is 1. The van der Waals surface area contributed by atoms with Crippen LogP contribution in [-0.4, -0.2) is 56.9 Å². The number of rotatable bonds is 5. The molecule has 1 saturated carbocycles. The number of anilines is 1. The second kappa shape index (κ2) is 9.38. The molecule has 4 heterocycles. The second-order valence-electron chi connectivity index (χ2n) is 8.93. The molecule has 178 valence electrons. The number of aromatic nitrogens is 4. The number of nitrogens with zero attached hydrogens (tertiary/aromatic N) is 6. The third-order valence-corrected chi connectivity index (χ3v) is 6.88. The van der Waals surface area contributed by atoms with Gasteiger partial charge in [-0.25, -0.2) is 4.98 Å².